The monoisotopic (exact) mass is 506 g/mol. The SMILES string of the molecule is Cc1c(OCc2ccccc2)cc(=NCC2CCCO2)n2c1-c1ccc(OCc3ccccc3)cc1CC2. The van der Waals surface area contributed by atoms with E-state index >= 15 is 0 Å². The van der Waals surface area contributed by atoms with Crippen LogP contribution in [0.2, 0.25) is 0 Å². The van der Waals surface area contributed by atoms with E-state index in [9.17, 15) is 0 Å². The average Bonchev–Trinajstić information content (AvgIpc) is 3.49. The van der Waals surface area contributed by atoms with Gasteiger partial charge in [0.2, 0.25) is 0 Å². The number of aromatic nitrogens is 1. The van der Waals surface area contributed by atoms with Gasteiger partial charge in [-0.25, -0.2) is 0 Å². The summed E-state index contributed by atoms with van der Waals surface area (Å²) in [7, 11) is 0. The lowest BCUT2D eigenvalue weighted by atomic mass is 9.94. The topological polar surface area (TPSA) is 45.0 Å². The third-order valence-electron chi connectivity index (χ3n) is 7.43. The van der Waals surface area contributed by atoms with Gasteiger partial charge in [-0.1, -0.05) is 60.7 Å². The van der Waals surface area contributed by atoms with E-state index in [1.807, 2.05) is 36.4 Å². The van der Waals surface area contributed by atoms with Gasteiger partial charge in [-0.05, 0) is 61.1 Å². The van der Waals surface area contributed by atoms with Crippen molar-refractivity contribution < 1.29 is 14.2 Å². The standard InChI is InChI=1S/C33H34N2O3/c1-24-31(38-23-26-11-6-3-7-12-26)20-32(34-21-29-13-8-18-36-29)35-17-16-27-19-28(14-15-30(27)33(24)35)37-22-25-9-4-2-5-10-25/h2-7,9-12,14-15,19-20,29H,8,13,16-18,21-23H2,1H3. The number of aryl methyl sites for hydroxylation is 1. The van der Waals surface area contributed by atoms with Gasteiger partial charge < -0.3 is 18.8 Å². The fourth-order valence-electron chi connectivity index (χ4n) is 5.38. The van der Waals surface area contributed by atoms with Crippen LogP contribution in [0, 0.1) is 6.92 Å². The summed E-state index contributed by atoms with van der Waals surface area (Å²) in [5.74, 6) is 1.78. The zero-order chi connectivity index (χ0) is 25.7. The van der Waals surface area contributed by atoms with Crippen LogP contribution in [0.1, 0.15) is 35.1 Å². The Morgan fingerprint density at radius 1 is 0.895 bits per heavy atom. The molecule has 0 radical (unpaired) electrons. The molecule has 5 heteroatoms. The van der Waals surface area contributed by atoms with Gasteiger partial charge in [-0.2, -0.15) is 0 Å². The summed E-state index contributed by atoms with van der Waals surface area (Å²) >= 11 is 0. The number of pyridine rings is 1. The summed E-state index contributed by atoms with van der Waals surface area (Å²) in [6, 6.07) is 29.2. The van der Waals surface area contributed by atoms with Crippen molar-refractivity contribution in [1.29, 1.82) is 0 Å². The maximum absolute atomic E-state index is 6.40. The summed E-state index contributed by atoms with van der Waals surface area (Å²) in [6.45, 7) is 5.63. The lowest BCUT2D eigenvalue weighted by molar-refractivity contribution is 0.117. The van der Waals surface area contributed by atoms with E-state index in [0.717, 1.165) is 60.5 Å². The van der Waals surface area contributed by atoms with Crippen molar-refractivity contribution in [3.05, 3.63) is 113 Å². The fourth-order valence-corrected chi connectivity index (χ4v) is 5.38. The third-order valence-corrected chi connectivity index (χ3v) is 7.43. The third kappa shape index (κ3) is 5.39. The fraction of sp³-hybridized carbons (Fsp3) is 0.303. The van der Waals surface area contributed by atoms with Crippen LogP contribution in [0.25, 0.3) is 11.3 Å². The van der Waals surface area contributed by atoms with E-state index in [-0.39, 0.29) is 6.10 Å². The van der Waals surface area contributed by atoms with E-state index in [4.69, 9.17) is 19.2 Å². The minimum atomic E-state index is 0.210. The van der Waals surface area contributed by atoms with Crippen LogP contribution in [-0.4, -0.2) is 23.8 Å². The van der Waals surface area contributed by atoms with Crippen LogP contribution in [-0.2, 0) is 30.9 Å². The van der Waals surface area contributed by atoms with Crippen LogP contribution < -0.4 is 15.0 Å². The number of rotatable bonds is 8. The number of nitrogens with zero attached hydrogens (tertiary/aromatic N) is 2. The Morgan fingerprint density at radius 3 is 2.34 bits per heavy atom. The lowest BCUT2D eigenvalue weighted by Gasteiger charge is -2.27. The van der Waals surface area contributed by atoms with E-state index in [0.29, 0.717) is 19.8 Å². The molecule has 0 amide bonds. The molecular formula is C33H34N2O3. The Kier molecular flexibility index (Phi) is 7.27. The highest BCUT2D eigenvalue weighted by atomic mass is 16.5. The molecule has 3 aromatic carbocycles. The van der Waals surface area contributed by atoms with Gasteiger partial charge in [0.1, 0.15) is 30.2 Å². The van der Waals surface area contributed by atoms with Gasteiger partial charge >= 0.3 is 0 Å². The molecule has 0 aliphatic carbocycles. The van der Waals surface area contributed by atoms with Crippen LogP contribution in [0.4, 0.5) is 0 Å². The predicted octanol–water partition coefficient (Wildman–Crippen LogP) is 6.26. The van der Waals surface area contributed by atoms with Crippen molar-refractivity contribution >= 4 is 0 Å². The van der Waals surface area contributed by atoms with Crippen LogP contribution in [0.3, 0.4) is 0 Å². The molecule has 0 bridgehead atoms. The van der Waals surface area contributed by atoms with Crippen molar-refractivity contribution in [1.82, 2.24) is 4.57 Å². The number of fused-ring (bicyclic) bond motifs is 3. The second-order valence-electron chi connectivity index (χ2n) is 10.1. The molecule has 6 rings (SSSR count). The second kappa shape index (κ2) is 11.3. The van der Waals surface area contributed by atoms with E-state index < -0.39 is 0 Å². The highest BCUT2D eigenvalue weighted by Gasteiger charge is 2.22. The Morgan fingerprint density at radius 2 is 1.63 bits per heavy atom. The Hall–Kier alpha value is -3.83. The van der Waals surface area contributed by atoms with E-state index in [2.05, 4.69) is 60.0 Å². The van der Waals surface area contributed by atoms with Crippen molar-refractivity contribution in [3.63, 3.8) is 0 Å². The van der Waals surface area contributed by atoms with Gasteiger partial charge in [-0.15, -0.1) is 0 Å². The number of benzene rings is 3. The summed E-state index contributed by atoms with van der Waals surface area (Å²) in [5.41, 5.74) is 8.10. The molecule has 1 atom stereocenters. The maximum atomic E-state index is 6.40. The summed E-state index contributed by atoms with van der Waals surface area (Å²) in [6.07, 6.45) is 3.34. The lowest BCUT2D eigenvalue weighted by Crippen LogP contribution is -2.29. The summed E-state index contributed by atoms with van der Waals surface area (Å²) < 4.78 is 20.7. The minimum absolute atomic E-state index is 0.210. The van der Waals surface area contributed by atoms with Gasteiger partial charge in [0, 0.05) is 30.3 Å². The van der Waals surface area contributed by atoms with Crippen molar-refractivity contribution in [2.45, 2.75) is 52.0 Å². The summed E-state index contributed by atoms with van der Waals surface area (Å²) in [5, 5.41) is 0. The van der Waals surface area contributed by atoms with Crippen LogP contribution >= 0.6 is 0 Å². The van der Waals surface area contributed by atoms with Crippen LogP contribution in [0.5, 0.6) is 11.5 Å². The quantitative estimate of drug-likeness (QED) is 0.283. The molecule has 2 aliphatic heterocycles. The Balaban J connectivity index is 1.34. The molecule has 38 heavy (non-hydrogen) atoms. The Labute approximate surface area is 224 Å². The first-order valence-electron chi connectivity index (χ1n) is 13.6. The highest BCUT2D eigenvalue weighted by molar-refractivity contribution is 5.71. The molecule has 5 nitrogen and oxygen atoms in total. The molecule has 194 valence electrons. The van der Waals surface area contributed by atoms with Gasteiger partial charge in [0.05, 0.1) is 18.3 Å². The highest BCUT2D eigenvalue weighted by Crippen LogP contribution is 2.36. The number of hydrogen-bond acceptors (Lipinski definition) is 4. The second-order valence-corrected chi connectivity index (χ2v) is 10.1. The zero-order valence-corrected chi connectivity index (χ0v) is 21.9. The predicted molar refractivity (Wildman–Crippen MR) is 149 cm³/mol. The minimum Gasteiger partial charge on any atom is -0.489 e. The Bertz CT molecular complexity index is 1460. The molecule has 0 spiro atoms. The van der Waals surface area contributed by atoms with Crippen LogP contribution in [0.15, 0.2) is 89.9 Å². The first-order chi connectivity index (χ1) is 18.7. The van der Waals surface area contributed by atoms with Crippen molar-refractivity contribution in [2.24, 2.45) is 4.99 Å². The molecule has 2 aliphatic rings. The molecule has 1 unspecified atom stereocenters. The van der Waals surface area contributed by atoms with Crippen molar-refractivity contribution in [2.75, 3.05) is 13.2 Å². The normalized spacial score (nSPS) is 16.7. The molecule has 0 saturated carbocycles. The van der Waals surface area contributed by atoms with E-state index in [1.54, 1.807) is 0 Å². The first kappa shape index (κ1) is 24.5. The molecule has 1 aromatic heterocycles. The summed E-state index contributed by atoms with van der Waals surface area (Å²) in [4.78, 5) is 5.05. The number of hydrogen-bond donors (Lipinski definition) is 0. The van der Waals surface area contributed by atoms with Gasteiger partial charge in [0.15, 0.2) is 0 Å². The number of ether oxygens (including phenoxy) is 3. The van der Waals surface area contributed by atoms with Gasteiger partial charge in [0.25, 0.3) is 0 Å². The van der Waals surface area contributed by atoms with Gasteiger partial charge in [-0.3, -0.25) is 4.99 Å². The molecule has 4 aromatic rings. The average molecular weight is 507 g/mol. The molecule has 3 heterocycles. The van der Waals surface area contributed by atoms with E-state index in [1.165, 1.54) is 22.4 Å². The van der Waals surface area contributed by atoms with Crippen molar-refractivity contribution in [3.8, 4) is 22.8 Å². The molecule has 1 fully saturated rings. The smallest absolute Gasteiger partial charge is 0.131 e. The molecule has 1 saturated heterocycles. The zero-order valence-electron chi connectivity index (χ0n) is 21.9. The molecular weight excluding hydrogens is 472 g/mol. The first-order valence-corrected chi connectivity index (χ1v) is 13.6. The maximum Gasteiger partial charge on any atom is 0.131 e. The molecule has 0 N–H and O–H groups in total. The largest absolute Gasteiger partial charge is 0.489 e.